The lowest BCUT2D eigenvalue weighted by Crippen LogP contribution is -2.34. The summed E-state index contributed by atoms with van der Waals surface area (Å²) in [4.78, 5) is 14.5. The molecule has 144 valence electrons. The minimum atomic E-state index is -3.81. The number of nitrogens with zero attached hydrogens (tertiary/aromatic N) is 1. The number of hydrogen-bond acceptors (Lipinski definition) is 3. The zero-order valence-corrected chi connectivity index (χ0v) is 16.2. The molecule has 0 atom stereocenters. The van der Waals surface area contributed by atoms with E-state index in [1.54, 1.807) is 18.7 Å². The van der Waals surface area contributed by atoms with Gasteiger partial charge in [0.15, 0.2) is 0 Å². The van der Waals surface area contributed by atoms with Crippen molar-refractivity contribution in [3.63, 3.8) is 0 Å². The summed E-state index contributed by atoms with van der Waals surface area (Å²) in [5.41, 5.74) is 0.730. The van der Waals surface area contributed by atoms with E-state index in [-0.39, 0.29) is 22.5 Å². The smallest absolute Gasteiger partial charge is 0.257 e. The Balaban J connectivity index is 1.91. The predicted molar refractivity (Wildman–Crippen MR) is 101 cm³/mol. The van der Waals surface area contributed by atoms with Crippen LogP contribution in [0.3, 0.4) is 0 Å². The quantitative estimate of drug-likeness (QED) is 0.789. The highest BCUT2D eigenvalue weighted by Gasteiger charge is 2.34. The molecule has 0 heterocycles. The van der Waals surface area contributed by atoms with Gasteiger partial charge in [-0.05, 0) is 50.5 Å². The van der Waals surface area contributed by atoms with Crippen molar-refractivity contribution < 1.29 is 17.6 Å². The molecule has 2 aromatic rings. The molecule has 0 unspecified atom stereocenters. The van der Waals surface area contributed by atoms with Crippen molar-refractivity contribution in [2.24, 2.45) is 0 Å². The molecule has 5 nitrogen and oxygen atoms in total. The average molecular weight is 390 g/mol. The van der Waals surface area contributed by atoms with Crippen LogP contribution in [0.25, 0.3) is 0 Å². The Kier molecular flexibility index (Phi) is 5.62. The second-order valence-corrected chi connectivity index (χ2v) is 8.78. The number of nitrogens with one attached hydrogen (secondary N) is 1. The van der Waals surface area contributed by atoms with E-state index < -0.39 is 21.7 Å². The first-order chi connectivity index (χ1) is 12.8. The number of amides is 1. The van der Waals surface area contributed by atoms with Gasteiger partial charge in [-0.2, -0.15) is 0 Å². The van der Waals surface area contributed by atoms with Crippen molar-refractivity contribution in [2.75, 3.05) is 0 Å². The van der Waals surface area contributed by atoms with E-state index in [2.05, 4.69) is 4.72 Å². The van der Waals surface area contributed by atoms with Gasteiger partial charge in [-0.25, -0.2) is 17.5 Å². The van der Waals surface area contributed by atoms with Crippen LogP contribution in [0.1, 0.15) is 42.6 Å². The zero-order chi connectivity index (χ0) is 19.6. The molecule has 1 N–H and O–H groups in total. The summed E-state index contributed by atoms with van der Waals surface area (Å²) in [5.74, 6) is -1.21. The third-order valence-corrected chi connectivity index (χ3v) is 5.97. The summed E-state index contributed by atoms with van der Waals surface area (Å²) in [6.45, 7) is 3.76. The molecule has 1 saturated carbocycles. The number of sulfonamides is 1. The van der Waals surface area contributed by atoms with Crippen LogP contribution in [-0.4, -0.2) is 31.3 Å². The summed E-state index contributed by atoms with van der Waals surface area (Å²) in [7, 11) is -3.81. The van der Waals surface area contributed by atoms with Gasteiger partial charge in [0.05, 0.1) is 10.5 Å². The maximum atomic E-state index is 14.4. The second-order valence-electron chi connectivity index (χ2n) is 7.07. The molecule has 1 fully saturated rings. The molecule has 0 bridgehead atoms. The molecular weight excluding hydrogens is 367 g/mol. The molecule has 0 spiro atoms. The lowest BCUT2D eigenvalue weighted by Gasteiger charge is -2.23. The highest BCUT2D eigenvalue weighted by Crippen LogP contribution is 2.30. The largest absolute Gasteiger partial charge is 0.331 e. The van der Waals surface area contributed by atoms with Gasteiger partial charge in [0.1, 0.15) is 5.82 Å². The zero-order valence-electron chi connectivity index (χ0n) is 15.4. The molecule has 1 aliphatic carbocycles. The van der Waals surface area contributed by atoms with Crippen LogP contribution in [0.5, 0.6) is 0 Å². The predicted octanol–water partition coefficient (Wildman–Crippen LogP) is 3.32. The molecular formula is C20H23FN2O3S. The fourth-order valence-corrected chi connectivity index (χ4v) is 4.18. The molecule has 1 aliphatic rings. The standard InChI is InChI=1S/C20H23FN2O3S/c1-14(2)22-27(25,26)17-10-11-19(21)18(12-17)20(24)23(16-8-9-16)13-15-6-4-3-5-7-15/h3-7,10-12,14,16,22H,8-9,13H2,1-2H3. The van der Waals surface area contributed by atoms with Gasteiger partial charge in [0.2, 0.25) is 10.0 Å². The number of hydrogen-bond donors (Lipinski definition) is 1. The Labute approximate surface area is 159 Å². The summed E-state index contributed by atoms with van der Waals surface area (Å²) in [5, 5.41) is 0. The Hall–Kier alpha value is -2.25. The third-order valence-electron chi connectivity index (χ3n) is 4.31. The molecule has 0 aliphatic heterocycles. The van der Waals surface area contributed by atoms with Gasteiger partial charge < -0.3 is 4.90 Å². The summed E-state index contributed by atoms with van der Waals surface area (Å²) < 4.78 is 41.6. The Morgan fingerprint density at radius 2 is 1.85 bits per heavy atom. The first-order valence-electron chi connectivity index (χ1n) is 8.94. The highest BCUT2D eigenvalue weighted by atomic mass is 32.2. The topological polar surface area (TPSA) is 66.5 Å². The van der Waals surface area contributed by atoms with Crippen LogP contribution in [0.15, 0.2) is 53.4 Å². The molecule has 0 radical (unpaired) electrons. The molecule has 0 aromatic heterocycles. The number of rotatable bonds is 7. The first-order valence-corrected chi connectivity index (χ1v) is 10.4. The van der Waals surface area contributed by atoms with Gasteiger partial charge in [0.25, 0.3) is 5.91 Å². The van der Waals surface area contributed by atoms with E-state index in [1.807, 2.05) is 30.3 Å². The van der Waals surface area contributed by atoms with Crippen LogP contribution in [0.2, 0.25) is 0 Å². The molecule has 2 aromatic carbocycles. The van der Waals surface area contributed by atoms with E-state index in [9.17, 15) is 17.6 Å². The van der Waals surface area contributed by atoms with Crippen molar-refractivity contribution in [3.05, 3.63) is 65.5 Å². The molecule has 0 saturated heterocycles. The van der Waals surface area contributed by atoms with E-state index in [4.69, 9.17) is 0 Å². The van der Waals surface area contributed by atoms with E-state index in [0.717, 1.165) is 30.5 Å². The molecule has 7 heteroatoms. The van der Waals surface area contributed by atoms with E-state index in [1.165, 1.54) is 6.07 Å². The molecule has 1 amide bonds. The van der Waals surface area contributed by atoms with Crippen LogP contribution < -0.4 is 4.72 Å². The fourth-order valence-electron chi connectivity index (χ4n) is 2.90. The molecule has 27 heavy (non-hydrogen) atoms. The normalized spacial score (nSPS) is 14.4. The van der Waals surface area contributed by atoms with Crippen LogP contribution in [0.4, 0.5) is 4.39 Å². The average Bonchev–Trinajstić information content (AvgIpc) is 3.44. The van der Waals surface area contributed by atoms with Gasteiger partial charge >= 0.3 is 0 Å². The lowest BCUT2D eigenvalue weighted by atomic mass is 10.1. The van der Waals surface area contributed by atoms with Crippen LogP contribution in [0, 0.1) is 5.82 Å². The summed E-state index contributed by atoms with van der Waals surface area (Å²) in [6.07, 6.45) is 1.74. The first kappa shape index (κ1) is 19.5. The number of benzene rings is 2. The van der Waals surface area contributed by atoms with Crippen molar-refractivity contribution in [3.8, 4) is 0 Å². The van der Waals surface area contributed by atoms with Crippen molar-refractivity contribution in [1.29, 1.82) is 0 Å². The number of carbonyl (C=O) groups excluding carboxylic acids is 1. The van der Waals surface area contributed by atoms with Crippen molar-refractivity contribution in [1.82, 2.24) is 9.62 Å². The number of carbonyl (C=O) groups is 1. The summed E-state index contributed by atoms with van der Waals surface area (Å²) >= 11 is 0. The minimum Gasteiger partial charge on any atom is -0.331 e. The number of halogens is 1. The van der Waals surface area contributed by atoms with Gasteiger partial charge in [-0.3, -0.25) is 4.79 Å². The minimum absolute atomic E-state index is 0.0613. The van der Waals surface area contributed by atoms with Gasteiger partial charge in [0, 0.05) is 18.6 Å². The van der Waals surface area contributed by atoms with E-state index >= 15 is 0 Å². The van der Waals surface area contributed by atoms with E-state index in [0.29, 0.717) is 6.54 Å². The lowest BCUT2D eigenvalue weighted by molar-refractivity contribution is 0.0725. The Morgan fingerprint density at radius 3 is 2.44 bits per heavy atom. The maximum Gasteiger partial charge on any atom is 0.257 e. The maximum absolute atomic E-state index is 14.4. The van der Waals surface area contributed by atoms with Crippen LogP contribution in [-0.2, 0) is 16.6 Å². The Bertz CT molecular complexity index is 925. The van der Waals surface area contributed by atoms with Gasteiger partial charge in [-0.1, -0.05) is 30.3 Å². The van der Waals surface area contributed by atoms with Crippen molar-refractivity contribution in [2.45, 2.75) is 50.2 Å². The van der Waals surface area contributed by atoms with Gasteiger partial charge in [-0.15, -0.1) is 0 Å². The third kappa shape index (κ3) is 4.73. The SMILES string of the molecule is CC(C)NS(=O)(=O)c1ccc(F)c(C(=O)N(Cc2ccccc2)C2CC2)c1. The Morgan fingerprint density at radius 1 is 1.19 bits per heavy atom. The van der Waals surface area contributed by atoms with Crippen LogP contribution >= 0.6 is 0 Å². The summed E-state index contributed by atoms with van der Waals surface area (Å²) in [6, 6.07) is 12.6. The molecule has 3 rings (SSSR count). The highest BCUT2D eigenvalue weighted by molar-refractivity contribution is 7.89. The second kappa shape index (κ2) is 7.78. The fraction of sp³-hybridized carbons (Fsp3) is 0.350. The monoisotopic (exact) mass is 390 g/mol. The van der Waals surface area contributed by atoms with Crippen molar-refractivity contribution >= 4 is 15.9 Å².